The standard InChI is InChI=1S/C20H32N6O2.HI/c1-20(2,3)28-17(27)15-5-7-16(8-6-15)24-18(21)25-11-13-26(14-12-25)19-22-9-4-10-23-19;/h4,9-10,15-16H,5-8,11-14H2,1-3H3,(H2,21,24);1H. The average Bonchev–Trinajstić information content (AvgIpc) is 2.68. The minimum atomic E-state index is -0.427. The number of aromatic nitrogens is 2. The quantitative estimate of drug-likeness (QED) is 0.285. The number of hydrogen-bond donors (Lipinski definition) is 1. The van der Waals surface area contributed by atoms with Gasteiger partial charge in [0, 0.05) is 38.6 Å². The molecule has 1 aromatic heterocycles. The zero-order valence-corrected chi connectivity index (χ0v) is 19.9. The molecule has 0 unspecified atom stereocenters. The van der Waals surface area contributed by atoms with Gasteiger partial charge < -0.3 is 20.3 Å². The molecule has 1 aliphatic carbocycles. The van der Waals surface area contributed by atoms with Gasteiger partial charge in [-0.3, -0.25) is 4.79 Å². The van der Waals surface area contributed by atoms with Gasteiger partial charge in [-0.25, -0.2) is 15.0 Å². The van der Waals surface area contributed by atoms with Crippen LogP contribution in [-0.2, 0) is 9.53 Å². The van der Waals surface area contributed by atoms with Crippen LogP contribution in [0.25, 0.3) is 0 Å². The summed E-state index contributed by atoms with van der Waals surface area (Å²) in [5.74, 6) is 1.27. The van der Waals surface area contributed by atoms with Crippen molar-refractivity contribution in [2.45, 2.75) is 58.1 Å². The van der Waals surface area contributed by atoms with Crippen LogP contribution in [0.4, 0.5) is 5.95 Å². The van der Waals surface area contributed by atoms with Gasteiger partial charge in [-0.1, -0.05) is 0 Å². The molecule has 0 bridgehead atoms. The number of piperazine rings is 1. The van der Waals surface area contributed by atoms with Gasteiger partial charge in [0.05, 0.1) is 12.0 Å². The molecule has 29 heavy (non-hydrogen) atoms. The minimum absolute atomic E-state index is 0. The van der Waals surface area contributed by atoms with Gasteiger partial charge in [-0.05, 0) is 52.5 Å². The zero-order valence-electron chi connectivity index (χ0n) is 17.6. The van der Waals surface area contributed by atoms with Crippen molar-refractivity contribution >= 4 is 41.9 Å². The van der Waals surface area contributed by atoms with Crippen LogP contribution >= 0.6 is 24.0 Å². The highest BCUT2D eigenvalue weighted by molar-refractivity contribution is 14.0. The highest BCUT2D eigenvalue weighted by Crippen LogP contribution is 2.28. The van der Waals surface area contributed by atoms with E-state index < -0.39 is 5.60 Å². The number of rotatable bonds is 3. The van der Waals surface area contributed by atoms with Gasteiger partial charge in [0.2, 0.25) is 5.95 Å². The third-order valence-corrected chi connectivity index (χ3v) is 5.19. The van der Waals surface area contributed by atoms with Gasteiger partial charge in [0.1, 0.15) is 5.60 Å². The normalized spacial score (nSPS) is 23.3. The molecule has 2 heterocycles. The summed E-state index contributed by atoms with van der Waals surface area (Å²) in [5, 5.41) is 0. The fourth-order valence-electron chi connectivity index (χ4n) is 3.68. The Labute approximate surface area is 190 Å². The predicted octanol–water partition coefficient (Wildman–Crippen LogP) is 2.43. The van der Waals surface area contributed by atoms with Gasteiger partial charge in [-0.15, -0.1) is 24.0 Å². The second-order valence-electron chi connectivity index (χ2n) is 8.55. The molecule has 9 heteroatoms. The first-order chi connectivity index (χ1) is 13.3. The van der Waals surface area contributed by atoms with E-state index in [0.29, 0.717) is 5.96 Å². The summed E-state index contributed by atoms with van der Waals surface area (Å²) < 4.78 is 5.51. The predicted molar refractivity (Wildman–Crippen MR) is 124 cm³/mol. The van der Waals surface area contributed by atoms with Crippen LogP contribution in [0.15, 0.2) is 23.5 Å². The van der Waals surface area contributed by atoms with Crippen molar-refractivity contribution in [2.24, 2.45) is 16.6 Å². The van der Waals surface area contributed by atoms with Crippen molar-refractivity contribution in [1.29, 1.82) is 0 Å². The van der Waals surface area contributed by atoms with Crippen molar-refractivity contribution < 1.29 is 9.53 Å². The van der Waals surface area contributed by atoms with Gasteiger partial charge in [0.25, 0.3) is 0 Å². The first kappa shape index (κ1) is 23.6. The molecular formula is C20H33IN6O2. The molecule has 1 saturated heterocycles. The number of ether oxygens (including phenoxy) is 1. The number of halogens is 1. The molecule has 3 rings (SSSR count). The second kappa shape index (κ2) is 10.4. The summed E-state index contributed by atoms with van der Waals surface area (Å²) in [4.78, 5) is 29.9. The molecule has 0 radical (unpaired) electrons. The molecule has 1 aromatic rings. The molecule has 1 aliphatic heterocycles. The van der Waals surface area contributed by atoms with E-state index in [1.165, 1.54) is 0 Å². The Morgan fingerprint density at radius 2 is 1.69 bits per heavy atom. The molecule has 0 atom stereocenters. The fourth-order valence-corrected chi connectivity index (χ4v) is 3.68. The van der Waals surface area contributed by atoms with E-state index >= 15 is 0 Å². The number of nitrogens with two attached hydrogens (primary N) is 1. The van der Waals surface area contributed by atoms with Crippen LogP contribution in [0.5, 0.6) is 0 Å². The lowest BCUT2D eigenvalue weighted by Crippen LogP contribution is -2.52. The van der Waals surface area contributed by atoms with Crippen molar-refractivity contribution in [1.82, 2.24) is 14.9 Å². The van der Waals surface area contributed by atoms with Crippen LogP contribution in [-0.4, -0.2) is 64.6 Å². The van der Waals surface area contributed by atoms with Crippen LogP contribution in [0.3, 0.4) is 0 Å². The summed E-state index contributed by atoms with van der Waals surface area (Å²) in [6.07, 6.45) is 6.91. The first-order valence-electron chi connectivity index (χ1n) is 10.1. The Hall–Kier alpha value is -1.65. The van der Waals surface area contributed by atoms with E-state index in [0.717, 1.165) is 57.8 Å². The largest absolute Gasteiger partial charge is 0.460 e. The topological polar surface area (TPSA) is 96.9 Å². The van der Waals surface area contributed by atoms with Gasteiger partial charge in [-0.2, -0.15) is 0 Å². The Balaban J connectivity index is 0.00000300. The Morgan fingerprint density at radius 3 is 2.24 bits per heavy atom. The van der Waals surface area contributed by atoms with E-state index in [4.69, 9.17) is 15.5 Å². The maximum atomic E-state index is 12.2. The van der Waals surface area contributed by atoms with Gasteiger partial charge >= 0.3 is 5.97 Å². The smallest absolute Gasteiger partial charge is 0.309 e. The van der Waals surface area contributed by atoms with Crippen molar-refractivity contribution in [3.8, 4) is 0 Å². The molecule has 2 N–H and O–H groups in total. The molecule has 0 aromatic carbocycles. The lowest BCUT2D eigenvalue weighted by Gasteiger charge is -2.36. The van der Waals surface area contributed by atoms with Crippen molar-refractivity contribution in [3.63, 3.8) is 0 Å². The lowest BCUT2D eigenvalue weighted by atomic mass is 9.86. The SMILES string of the molecule is CC(C)(C)OC(=O)C1CCC(N=C(N)N2CCN(c3ncccn3)CC2)CC1.I. The lowest BCUT2D eigenvalue weighted by molar-refractivity contribution is -0.161. The summed E-state index contributed by atoms with van der Waals surface area (Å²) in [6.45, 7) is 8.99. The van der Waals surface area contributed by atoms with E-state index in [1.807, 2.05) is 26.8 Å². The number of carbonyl (C=O) groups excluding carboxylic acids is 1. The third kappa shape index (κ3) is 6.97. The molecule has 8 nitrogen and oxygen atoms in total. The van der Waals surface area contributed by atoms with Crippen molar-refractivity contribution in [3.05, 3.63) is 18.5 Å². The highest BCUT2D eigenvalue weighted by Gasteiger charge is 2.30. The number of guanidine groups is 1. The minimum Gasteiger partial charge on any atom is -0.460 e. The van der Waals surface area contributed by atoms with E-state index in [-0.39, 0.29) is 41.9 Å². The Bertz CT molecular complexity index is 678. The Morgan fingerprint density at radius 1 is 1.10 bits per heavy atom. The average molecular weight is 516 g/mol. The summed E-state index contributed by atoms with van der Waals surface area (Å²) in [6, 6.07) is 2.01. The van der Waals surface area contributed by atoms with E-state index in [1.54, 1.807) is 12.4 Å². The molecule has 2 fully saturated rings. The molecule has 0 amide bonds. The molecular weight excluding hydrogens is 483 g/mol. The monoisotopic (exact) mass is 516 g/mol. The number of carbonyl (C=O) groups is 1. The van der Waals surface area contributed by atoms with Crippen LogP contribution < -0.4 is 10.6 Å². The number of hydrogen-bond acceptors (Lipinski definition) is 6. The summed E-state index contributed by atoms with van der Waals surface area (Å²) in [5.41, 5.74) is 5.85. The molecule has 1 saturated carbocycles. The third-order valence-electron chi connectivity index (χ3n) is 5.19. The summed E-state index contributed by atoms with van der Waals surface area (Å²) >= 11 is 0. The van der Waals surface area contributed by atoms with E-state index in [2.05, 4.69) is 19.8 Å². The molecule has 0 spiro atoms. The van der Waals surface area contributed by atoms with Crippen LogP contribution in [0, 0.1) is 5.92 Å². The number of esters is 1. The molecule has 162 valence electrons. The fraction of sp³-hybridized carbons (Fsp3) is 0.700. The second-order valence-corrected chi connectivity index (χ2v) is 8.55. The highest BCUT2D eigenvalue weighted by atomic mass is 127. The maximum absolute atomic E-state index is 12.2. The zero-order chi connectivity index (χ0) is 20.1. The van der Waals surface area contributed by atoms with Crippen LogP contribution in [0.2, 0.25) is 0 Å². The Kier molecular flexibility index (Phi) is 8.47. The van der Waals surface area contributed by atoms with Crippen molar-refractivity contribution in [2.75, 3.05) is 31.1 Å². The molecule has 2 aliphatic rings. The maximum Gasteiger partial charge on any atom is 0.309 e. The summed E-state index contributed by atoms with van der Waals surface area (Å²) in [7, 11) is 0. The number of aliphatic imine (C=N–C) groups is 1. The number of anilines is 1. The van der Waals surface area contributed by atoms with Gasteiger partial charge in [0.15, 0.2) is 5.96 Å². The van der Waals surface area contributed by atoms with E-state index in [9.17, 15) is 4.79 Å². The first-order valence-corrected chi connectivity index (χ1v) is 10.1. The number of nitrogens with zero attached hydrogens (tertiary/aromatic N) is 5. The van der Waals surface area contributed by atoms with Crippen LogP contribution in [0.1, 0.15) is 46.5 Å².